The summed E-state index contributed by atoms with van der Waals surface area (Å²) in [4.78, 5) is 0. The van der Waals surface area contributed by atoms with Crippen LogP contribution >= 0.6 is 0 Å². The first-order chi connectivity index (χ1) is 26.6. The Bertz CT molecular complexity index is 3210. The van der Waals surface area contributed by atoms with Crippen LogP contribution in [0.4, 0.5) is 0 Å². The standard InChI is InChI=1S/C46H20B8O/c47-39-35-33(22-15-13-21(14-16-22)23-17-18-32-29(19-23)28-11-5-6-12-31(28)55-32)36-38(42(50)46(54)44(52)40(36)48)34(37(35)41(49)45(53)43(39)51)30-20-24-7-1-2-8-25(24)26-9-3-4-10-27(26)30/h1-20H. The zero-order valence-electron chi connectivity index (χ0n) is 29.6. The molecule has 234 valence electrons. The number of hydrogen-bond acceptors (Lipinski definition) is 1. The second-order valence-corrected chi connectivity index (χ2v) is 14.1. The zero-order valence-corrected chi connectivity index (χ0v) is 29.6. The summed E-state index contributed by atoms with van der Waals surface area (Å²) in [5.74, 6) is 0. The molecule has 0 spiro atoms. The maximum atomic E-state index is 7.06. The Morgan fingerprint density at radius 3 is 1.38 bits per heavy atom. The molecule has 0 aliphatic rings. The second kappa shape index (κ2) is 12.4. The molecule has 0 atom stereocenters. The Labute approximate surface area is 329 Å². The minimum absolute atomic E-state index is 0.173. The predicted molar refractivity (Wildman–Crippen MR) is 243 cm³/mol. The van der Waals surface area contributed by atoms with Crippen molar-refractivity contribution in [3.8, 4) is 33.4 Å². The first-order valence-electron chi connectivity index (χ1n) is 17.8. The monoisotopic (exact) mass is 676 g/mol. The van der Waals surface area contributed by atoms with E-state index in [1.807, 2.05) is 60.7 Å². The van der Waals surface area contributed by atoms with Gasteiger partial charge in [0.15, 0.2) is 0 Å². The van der Waals surface area contributed by atoms with E-state index in [2.05, 4.69) is 60.7 Å². The lowest BCUT2D eigenvalue weighted by Crippen LogP contribution is -2.50. The van der Waals surface area contributed by atoms with E-state index >= 15 is 0 Å². The number of para-hydroxylation sites is 1. The van der Waals surface area contributed by atoms with Gasteiger partial charge in [-0.3, -0.25) is 0 Å². The fourth-order valence-electron chi connectivity index (χ4n) is 8.50. The molecular weight excluding hydrogens is 655 g/mol. The summed E-state index contributed by atoms with van der Waals surface area (Å²) >= 11 is 0. The summed E-state index contributed by atoms with van der Waals surface area (Å²) in [6, 6.07) is 40.9. The molecule has 0 N–H and O–H groups in total. The summed E-state index contributed by atoms with van der Waals surface area (Å²) < 4.78 is 6.08. The number of hydrogen-bond donors (Lipinski definition) is 0. The highest BCUT2D eigenvalue weighted by Gasteiger charge is 2.26. The van der Waals surface area contributed by atoms with Crippen LogP contribution in [-0.4, -0.2) is 62.8 Å². The number of furan rings is 1. The molecule has 55 heavy (non-hydrogen) atoms. The molecule has 9 aromatic carbocycles. The van der Waals surface area contributed by atoms with Gasteiger partial charge in [0, 0.05) is 10.8 Å². The van der Waals surface area contributed by atoms with Gasteiger partial charge in [-0.25, -0.2) is 0 Å². The largest absolute Gasteiger partial charge is 0.456 e. The molecule has 1 heterocycles. The quantitative estimate of drug-likeness (QED) is 0.159. The van der Waals surface area contributed by atoms with E-state index in [0.29, 0.717) is 32.7 Å². The van der Waals surface area contributed by atoms with Crippen LogP contribution in [0.5, 0.6) is 0 Å². The lowest BCUT2D eigenvalue weighted by atomic mass is 9.59. The van der Waals surface area contributed by atoms with Crippen LogP contribution in [0.15, 0.2) is 126 Å². The molecule has 9 heteroatoms. The highest BCUT2D eigenvalue weighted by molar-refractivity contribution is 6.71. The van der Waals surface area contributed by atoms with Gasteiger partial charge in [0.2, 0.25) is 0 Å². The maximum absolute atomic E-state index is 7.06. The first kappa shape index (κ1) is 33.9. The Kier molecular flexibility index (Phi) is 7.66. The molecule has 10 aromatic rings. The normalized spacial score (nSPS) is 11.9. The van der Waals surface area contributed by atoms with Gasteiger partial charge in [-0.15, -0.1) is 21.9 Å². The van der Waals surface area contributed by atoms with Crippen molar-refractivity contribution in [3.05, 3.63) is 121 Å². The van der Waals surface area contributed by atoms with Crippen LogP contribution in [0.2, 0.25) is 0 Å². The molecule has 1 aromatic heterocycles. The third-order valence-corrected chi connectivity index (χ3v) is 11.2. The summed E-state index contributed by atoms with van der Waals surface area (Å²) in [7, 11) is 54.8. The van der Waals surface area contributed by atoms with Crippen LogP contribution < -0.4 is 43.7 Å². The molecule has 0 saturated heterocycles. The molecule has 0 aliphatic carbocycles. The molecule has 10 rings (SSSR count). The highest BCUT2D eigenvalue weighted by Crippen LogP contribution is 2.44. The predicted octanol–water partition coefficient (Wildman–Crippen LogP) is 3.55. The summed E-state index contributed by atoms with van der Waals surface area (Å²) in [6.45, 7) is 0. The number of rotatable bonds is 3. The smallest absolute Gasteiger partial charge is 0.135 e. The van der Waals surface area contributed by atoms with Crippen LogP contribution in [0.1, 0.15) is 0 Å². The second-order valence-electron chi connectivity index (χ2n) is 14.1. The lowest BCUT2D eigenvalue weighted by Gasteiger charge is -2.29. The molecule has 0 aliphatic heterocycles. The first-order valence-corrected chi connectivity index (χ1v) is 17.8. The molecule has 0 saturated carbocycles. The van der Waals surface area contributed by atoms with Gasteiger partial charge >= 0.3 is 0 Å². The zero-order chi connectivity index (χ0) is 37.9. The fourth-order valence-corrected chi connectivity index (χ4v) is 8.50. The van der Waals surface area contributed by atoms with Gasteiger partial charge < -0.3 is 4.42 Å². The van der Waals surface area contributed by atoms with Crippen LogP contribution in [-0.2, 0) is 0 Å². The minimum atomic E-state index is 0.173. The molecule has 0 unspecified atom stereocenters. The molecule has 0 bridgehead atoms. The van der Waals surface area contributed by atoms with E-state index < -0.39 is 0 Å². The Morgan fingerprint density at radius 1 is 0.309 bits per heavy atom. The van der Waals surface area contributed by atoms with Crippen LogP contribution in [0, 0.1) is 0 Å². The summed E-state index contributed by atoms with van der Waals surface area (Å²) in [6.07, 6.45) is 0. The number of fused-ring (bicyclic) bond motifs is 8. The van der Waals surface area contributed by atoms with Gasteiger partial charge in [0.05, 0.1) is 0 Å². The third kappa shape index (κ3) is 4.85. The SMILES string of the molecule is [B]c1c([B])c([B])c2c(-c3cc4ccccc4c4ccccc34)c3c([B])c([B])c([B])c([B])c3c(-c3ccc(-c4ccc5oc6ccccc6c5c4)cc3)c2c1[B]. The van der Waals surface area contributed by atoms with Crippen molar-refractivity contribution in [1.82, 2.24) is 0 Å². The molecule has 1 nitrogen and oxygen atoms in total. The van der Waals surface area contributed by atoms with Crippen molar-refractivity contribution < 1.29 is 4.42 Å². The van der Waals surface area contributed by atoms with Gasteiger partial charge in [-0.1, -0.05) is 119 Å². The number of benzene rings is 9. The Morgan fingerprint density at radius 2 is 0.764 bits per heavy atom. The maximum Gasteiger partial charge on any atom is 0.135 e. The van der Waals surface area contributed by atoms with Gasteiger partial charge in [0.1, 0.15) is 73.9 Å². The molecule has 16 radical (unpaired) electrons. The van der Waals surface area contributed by atoms with Gasteiger partial charge in [-0.05, 0) is 101 Å². The topological polar surface area (TPSA) is 13.1 Å². The molecule has 0 fully saturated rings. The van der Waals surface area contributed by atoms with Gasteiger partial charge in [-0.2, -0.15) is 0 Å². The van der Waals surface area contributed by atoms with Crippen molar-refractivity contribution >= 4 is 172 Å². The third-order valence-electron chi connectivity index (χ3n) is 11.2. The Balaban J connectivity index is 1.33. The van der Waals surface area contributed by atoms with Gasteiger partial charge in [0.25, 0.3) is 0 Å². The van der Waals surface area contributed by atoms with Crippen molar-refractivity contribution in [2.24, 2.45) is 0 Å². The van der Waals surface area contributed by atoms with E-state index in [0.717, 1.165) is 65.7 Å². The highest BCUT2D eigenvalue weighted by atomic mass is 16.3. The van der Waals surface area contributed by atoms with Crippen molar-refractivity contribution in [1.29, 1.82) is 0 Å². The van der Waals surface area contributed by atoms with E-state index in [1.54, 1.807) is 0 Å². The average molecular weight is 675 g/mol. The van der Waals surface area contributed by atoms with Crippen molar-refractivity contribution in [2.45, 2.75) is 0 Å². The van der Waals surface area contributed by atoms with E-state index in [-0.39, 0.29) is 43.7 Å². The fraction of sp³-hybridized carbons (Fsp3) is 0. The van der Waals surface area contributed by atoms with Crippen LogP contribution in [0.25, 0.3) is 98.4 Å². The van der Waals surface area contributed by atoms with Crippen LogP contribution in [0.3, 0.4) is 0 Å². The summed E-state index contributed by atoms with van der Waals surface area (Å²) in [5, 5.41) is 8.56. The minimum Gasteiger partial charge on any atom is -0.456 e. The summed E-state index contributed by atoms with van der Waals surface area (Å²) in [5.41, 5.74) is 8.43. The average Bonchev–Trinajstić information content (AvgIpc) is 3.60. The van der Waals surface area contributed by atoms with E-state index in [1.165, 1.54) is 0 Å². The van der Waals surface area contributed by atoms with E-state index in [9.17, 15) is 0 Å². The lowest BCUT2D eigenvalue weighted by molar-refractivity contribution is 0.669. The van der Waals surface area contributed by atoms with E-state index in [4.69, 9.17) is 67.2 Å². The van der Waals surface area contributed by atoms with Crippen molar-refractivity contribution in [3.63, 3.8) is 0 Å². The molecular formula is C46H20B8O. The van der Waals surface area contributed by atoms with Crippen molar-refractivity contribution in [2.75, 3.05) is 0 Å². The molecule has 0 amide bonds. The Hall–Kier alpha value is -5.66.